The number of benzene rings is 1. The van der Waals surface area contributed by atoms with Crippen molar-refractivity contribution in [2.45, 2.75) is 26.4 Å². The molecule has 0 spiro atoms. The molecule has 0 aliphatic heterocycles. The Labute approximate surface area is 107 Å². The van der Waals surface area contributed by atoms with E-state index in [2.05, 4.69) is 0 Å². The molecule has 0 radical (unpaired) electrons. The van der Waals surface area contributed by atoms with E-state index in [1.165, 1.54) is 6.07 Å². The molecule has 1 aromatic rings. The zero-order valence-electron chi connectivity index (χ0n) is 10.2. The van der Waals surface area contributed by atoms with Crippen molar-refractivity contribution < 1.29 is 9.50 Å². The van der Waals surface area contributed by atoms with Crippen molar-refractivity contribution in [2.24, 2.45) is 17.6 Å². The van der Waals surface area contributed by atoms with Gasteiger partial charge in [0.25, 0.3) is 0 Å². The Kier molecular flexibility index (Phi) is 5.37. The first-order valence-electron chi connectivity index (χ1n) is 5.78. The first kappa shape index (κ1) is 14.4. The summed E-state index contributed by atoms with van der Waals surface area (Å²) in [7, 11) is 0. The summed E-state index contributed by atoms with van der Waals surface area (Å²) in [6.45, 7) is 4.38. The number of rotatable bonds is 5. The lowest BCUT2D eigenvalue weighted by atomic mass is 9.87. The Hall–Kier alpha value is -0.640. The average molecular weight is 260 g/mol. The van der Waals surface area contributed by atoms with Gasteiger partial charge in [-0.15, -0.1) is 0 Å². The average Bonchev–Trinajstić information content (AvgIpc) is 2.25. The van der Waals surface area contributed by atoms with Gasteiger partial charge in [0.2, 0.25) is 0 Å². The van der Waals surface area contributed by atoms with Crippen molar-refractivity contribution in [3.05, 3.63) is 34.6 Å². The van der Waals surface area contributed by atoms with Crippen molar-refractivity contribution in [3.63, 3.8) is 0 Å². The number of aliphatic hydroxyl groups excluding tert-OH is 1. The summed E-state index contributed by atoms with van der Waals surface area (Å²) in [4.78, 5) is 0. The topological polar surface area (TPSA) is 46.2 Å². The van der Waals surface area contributed by atoms with E-state index in [1.54, 1.807) is 12.1 Å². The van der Waals surface area contributed by atoms with Crippen molar-refractivity contribution in [3.8, 4) is 0 Å². The fourth-order valence-corrected chi connectivity index (χ4v) is 2.15. The molecule has 0 saturated carbocycles. The van der Waals surface area contributed by atoms with Crippen LogP contribution >= 0.6 is 11.6 Å². The van der Waals surface area contributed by atoms with Crippen LogP contribution < -0.4 is 5.73 Å². The van der Waals surface area contributed by atoms with Crippen LogP contribution in [0.5, 0.6) is 0 Å². The molecule has 4 heteroatoms. The van der Waals surface area contributed by atoms with Gasteiger partial charge >= 0.3 is 0 Å². The van der Waals surface area contributed by atoms with E-state index >= 15 is 0 Å². The highest BCUT2D eigenvalue weighted by atomic mass is 35.5. The zero-order chi connectivity index (χ0) is 13.0. The standard InChI is InChI=1S/C13H19ClFNO/c1-8(2)10(7-16)12(17)6-9-4-3-5-11(14)13(9)15/h3-5,8,10,12,17H,6-7,16H2,1-2H3. The number of nitrogens with two attached hydrogens (primary N) is 1. The van der Waals surface area contributed by atoms with Crippen LogP contribution in [0.25, 0.3) is 0 Å². The monoisotopic (exact) mass is 259 g/mol. The molecule has 17 heavy (non-hydrogen) atoms. The molecule has 0 bridgehead atoms. The lowest BCUT2D eigenvalue weighted by Crippen LogP contribution is -2.33. The first-order chi connectivity index (χ1) is 7.97. The molecule has 96 valence electrons. The predicted octanol–water partition coefficient (Wildman–Crippen LogP) is 2.61. The Morgan fingerprint density at radius 2 is 2.06 bits per heavy atom. The minimum Gasteiger partial charge on any atom is -0.392 e. The van der Waals surface area contributed by atoms with Gasteiger partial charge in [-0.25, -0.2) is 4.39 Å². The van der Waals surface area contributed by atoms with Crippen LogP contribution in [-0.4, -0.2) is 17.8 Å². The van der Waals surface area contributed by atoms with E-state index in [9.17, 15) is 9.50 Å². The molecule has 0 amide bonds. The maximum Gasteiger partial charge on any atom is 0.145 e. The van der Waals surface area contributed by atoms with Gasteiger partial charge in [-0.1, -0.05) is 37.6 Å². The molecule has 1 aromatic carbocycles. The second-order valence-corrected chi connectivity index (χ2v) is 5.04. The molecule has 0 aliphatic carbocycles. The van der Waals surface area contributed by atoms with Gasteiger partial charge in [0.15, 0.2) is 0 Å². The van der Waals surface area contributed by atoms with Crippen LogP contribution in [-0.2, 0) is 6.42 Å². The molecule has 1 rings (SSSR count). The smallest absolute Gasteiger partial charge is 0.145 e. The lowest BCUT2D eigenvalue weighted by molar-refractivity contribution is 0.0856. The molecule has 0 fully saturated rings. The van der Waals surface area contributed by atoms with E-state index in [0.29, 0.717) is 12.1 Å². The molecule has 0 aliphatic rings. The van der Waals surface area contributed by atoms with E-state index < -0.39 is 11.9 Å². The van der Waals surface area contributed by atoms with Crippen LogP contribution in [0.15, 0.2) is 18.2 Å². The number of aliphatic hydroxyl groups is 1. The summed E-state index contributed by atoms with van der Waals surface area (Å²) in [6.07, 6.45) is -0.403. The van der Waals surface area contributed by atoms with E-state index in [1.807, 2.05) is 13.8 Å². The van der Waals surface area contributed by atoms with Crippen LogP contribution in [0.4, 0.5) is 4.39 Å². The third kappa shape index (κ3) is 3.66. The van der Waals surface area contributed by atoms with Crippen molar-refractivity contribution in [2.75, 3.05) is 6.54 Å². The highest BCUT2D eigenvalue weighted by molar-refractivity contribution is 6.30. The van der Waals surface area contributed by atoms with Crippen LogP contribution in [0.3, 0.4) is 0 Å². The van der Waals surface area contributed by atoms with Crippen molar-refractivity contribution in [1.82, 2.24) is 0 Å². The predicted molar refractivity (Wildman–Crippen MR) is 68.5 cm³/mol. The summed E-state index contributed by atoms with van der Waals surface area (Å²) < 4.78 is 13.7. The van der Waals surface area contributed by atoms with Gasteiger partial charge in [0, 0.05) is 6.42 Å². The molecule has 2 unspecified atom stereocenters. The zero-order valence-corrected chi connectivity index (χ0v) is 10.9. The highest BCUT2D eigenvalue weighted by Gasteiger charge is 2.22. The summed E-state index contributed by atoms with van der Waals surface area (Å²) in [5.74, 6) is -0.224. The largest absolute Gasteiger partial charge is 0.392 e. The van der Waals surface area contributed by atoms with E-state index in [4.69, 9.17) is 17.3 Å². The van der Waals surface area contributed by atoms with Crippen molar-refractivity contribution in [1.29, 1.82) is 0 Å². The molecule has 0 saturated heterocycles. The van der Waals surface area contributed by atoms with Crippen LogP contribution in [0.1, 0.15) is 19.4 Å². The number of hydrogen-bond acceptors (Lipinski definition) is 2. The van der Waals surface area contributed by atoms with Gasteiger partial charge in [0.05, 0.1) is 11.1 Å². The molecule has 0 aromatic heterocycles. The summed E-state index contributed by atoms with van der Waals surface area (Å²) in [5.41, 5.74) is 6.05. The second-order valence-electron chi connectivity index (χ2n) is 4.63. The van der Waals surface area contributed by atoms with E-state index in [-0.39, 0.29) is 23.3 Å². The quantitative estimate of drug-likeness (QED) is 0.854. The van der Waals surface area contributed by atoms with Crippen molar-refractivity contribution >= 4 is 11.6 Å². The van der Waals surface area contributed by atoms with Gasteiger partial charge in [0.1, 0.15) is 5.82 Å². The minimum atomic E-state index is -0.645. The Morgan fingerprint density at radius 1 is 1.41 bits per heavy atom. The molecular formula is C13H19ClFNO. The summed E-state index contributed by atoms with van der Waals surface area (Å²) >= 11 is 5.69. The molecule has 0 heterocycles. The maximum absolute atomic E-state index is 13.7. The minimum absolute atomic E-state index is 0.0339. The summed E-state index contributed by atoms with van der Waals surface area (Å²) in [5, 5.41) is 10.1. The first-order valence-corrected chi connectivity index (χ1v) is 6.16. The molecular weight excluding hydrogens is 241 g/mol. The fourth-order valence-electron chi connectivity index (χ4n) is 1.96. The van der Waals surface area contributed by atoms with E-state index in [0.717, 1.165) is 0 Å². The SMILES string of the molecule is CC(C)C(CN)C(O)Cc1cccc(Cl)c1F. The maximum atomic E-state index is 13.7. The fraction of sp³-hybridized carbons (Fsp3) is 0.538. The summed E-state index contributed by atoms with van der Waals surface area (Å²) in [6, 6.07) is 4.81. The van der Waals surface area contributed by atoms with Gasteiger partial charge in [-0.2, -0.15) is 0 Å². The number of hydrogen-bond donors (Lipinski definition) is 2. The third-order valence-corrected chi connectivity index (χ3v) is 3.38. The number of halogens is 2. The Balaban J connectivity index is 2.80. The highest BCUT2D eigenvalue weighted by Crippen LogP contribution is 2.22. The van der Waals surface area contributed by atoms with Crippen LogP contribution in [0, 0.1) is 17.7 Å². The third-order valence-electron chi connectivity index (χ3n) is 3.08. The Morgan fingerprint density at radius 3 is 2.59 bits per heavy atom. The lowest BCUT2D eigenvalue weighted by Gasteiger charge is -2.25. The Bertz CT molecular complexity index is 370. The molecule has 2 atom stereocenters. The second kappa shape index (κ2) is 6.34. The van der Waals surface area contributed by atoms with Crippen LogP contribution in [0.2, 0.25) is 5.02 Å². The van der Waals surface area contributed by atoms with Gasteiger partial charge in [-0.3, -0.25) is 0 Å². The van der Waals surface area contributed by atoms with Gasteiger partial charge in [-0.05, 0) is 30.0 Å². The molecule has 3 N–H and O–H groups in total. The normalized spacial score (nSPS) is 15.0. The molecule has 2 nitrogen and oxygen atoms in total. The van der Waals surface area contributed by atoms with Gasteiger partial charge < -0.3 is 10.8 Å².